The zero-order chi connectivity index (χ0) is 17.8. The minimum Gasteiger partial charge on any atom is -0.369 e. The van der Waals surface area contributed by atoms with Crippen molar-refractivity contribution >= 4 is 46.2 Å². The van der Waals surface area contributed by atoms with Gasteiger partial charge in [-0.05, 0) is 55.4 Å². The van der Waals surface area contributed by atoms with Crippen LogP contribution in [0.4, 0.5) is 15.8 Å². The number of nitrogens with zero attached hydrogens (tertiary/aromatic N) is 1. The summed E-state index contributed by atoms with van der Waals surface area (Å²) in [5.74, 6) is -0.945. The molecule has 1 fully saturated rings. The van der Waals surface area contributed by atoms with Gasteiger partial charge in [0.2, 0.25) is 0 Å². The number of hydrogen-bond donors (Lipinski definition) is 2. The smallest absolute Gasteiger partial charge is 0.257 e. The zero-order valence-electron chi connectivity index (χ0n) is 13.4. The van der Waals surface area contributed by atoms with Crippen LogP contribution in [0.25, 0.3) is 0 Å². The molecule has 4 nitrogen and oxygen atoms in total. The number of carbonyl (C=O) groups is 1. The predicted octanol–water partition coefficient (Wildman–Crippen LogP) is 4.21. The molecule has 2 aromatic carbocycles. The Hall–Kier alpha value is -2.18. The number of rotatable bonds is 3. The minimum atomic E-state index is -0.474. The largest absolute Gasteiger partial charge is 0.369 e. The van der Waals surface area contributed by atoms with Crippen LogP contribution in [0.1, 0.15) is 23.2 Å². The quantitative estimate of drug-likeness (QED) is 0.786. The summed E-state index contributed by atoms with van der Waals surface area (Å²) in [7, 11) is 0. The van der Waals surface area contributed by atoms with Crippen molar-refractivity contribution in [1.82, 2.24) is 5.32 Å². The highest BCUT2D eigenvalue weighted by Crippen LogP contribution is 2.35. The van der Waals surface area contributed by atoms with Crippen LogP contribution in [-0.4, -0.2) is 24.1 Å². The fourth-order valence-electron chi connectivity index (χ4n) is 2.84. The van der Waals surface area contributed by atoms with Crippen molar-refractivity contribution in [3.63, 3.8) is 0 Å². The topological polar surface area (TPSA) is 44.4 Å². The Kier molecular flexibility index (Phi) is 5.50. The van der Waals surface area contributed by atoms with E-state index in [0.29, 0.717) is 5.02 Å². The summed E-state index contributed by atoms with van der Waals surface area (Å²) < 4.78 is 13.2. The lowest BCUT2D eigenvalue weighted by atomic mass is 10.2. The second kappa shape index (κ2) is 7.80. The second-order valence-electron chi connectivity index (χ2n) is 5.75. The van der Waals surface area contributed by atoms with Crippen LogP contribution in [0.2, 0.25) is 5.02 Å². The van der Waals surface area contributed by atoms with Crippen molar-refractivity contribution in [2.75, 3.05) is 23.3 Å². The molecule has 0 spiro atoms. The third-order valence-electron chi connectivity index (χ3n) is 3.97. The number of nitrogens with one attached hydrogen (secondary N) is 2. The summed E-state index contributed by atoms with van der Waals surface area (Å²) >= 11 is 11.6. The molecule has 0 aromatic heterocycles. The maximum Gasteiger partial charge on any atom is 0.257 e. The summed E-state index contributed by atoms with van der Waals surface area (Å²) in [6.07, 6.45) is 2.23. The molecule has 1 amide bonds. The van der Waals surface area contributed by atoms with Crippen LogP contribution in [0, 0.1) is 5.82 Å². The van der Waals surface area contributed by atoms with Crippen molar-refractivity contribution in [1.29, 1.82) is 0 Å². The lowest BCUT2D eigenvalue weighted by Gasteiger charge is -2.23. The van der Waals surface area contributed by atoms with E-state index < -0.39 is 11.7 Å². The summed E-state index contributed by atoms with van der Waals surface area (Å²) in [6.45, 7) is 1.86. The molecule has 0 unspecified atom stereocenters. The van der Waals surface area contributed by atoms with E-state index in [9.17, 15) is 9.18 Å². The Morgan fingerprint density at radius 2 is 1.88 bits per heavy atom. The number of para-hydroxylation sites is 1. The molecule has 0 aliphatic carbocycles. The number of carbonyl (C=O) groups excluding carboxylic acids is 1. The molecule has 0 bridgehead atoms. The van der Waals surface area contributed by atoms with Gasteiger partial charge in [0, 0.05) is 18.7 Å². The average Bonchev–Trinajstić information content (AvgIpc) is 3.09. The van der Waals surface area contributed by atoms with Crippen molar-refractivity contribution in [3.8, 4) is 0 Å². The van der Waals surface area contributed by atoms with E-state index in [4.69, 9.17) is 23.8 Å². The predicted molar refractivity (Wildman–Crippen MR) is 103 cm³/mol. The molecule has 25 heavy (non-hydrogen) atoms. The molecule has 2 aromatic rings. The monoisotopic (exact) mass is 377 g/mol. The molecule has 1 aliphatic heterocycles. The first-order chi connectivity index (χ1) is 12.0. The van der Waals surface area contributed by atoms with Gasteiger partial charge >= 0.3 is 0 Å². The van der Waals surface area contributed by atoms with E-state index in [1.54, 1.807) is 0 Å². The summed E-state index contributed by atoms with van der Waals surface area (Å²) in [5, 5.41) is 6.35. The van der Waals surface area contributed by atoms with Crippen LogP contribution >= 0.6 is 23.8 Å². The Balaban J connectivity index is 1.73. The minimum absolute atomic E-state index is 0.136. The second-order valence-corrected chi connectivity index (χ2v) is 6.56. The molecule has 1 aliphatic rings. The molecule has 2 N–H and O–H groups in total. The molecular formula is C18H17ClFN3OS. The highest BCUT2D eigenvalue weighted by molar-refractivity contribution is 7.80. The first kappa shape index (κ1) is 17.6. The van der Waals surface area contributed by atoms with Crippen molar-refractivity contribution in [2.24, 2.45) is 0 Å². The van der Waals surface area contributed by atoms with E-state index in [-0.39, 0.29) is 10.7 Å². The Bertz CT molecular complexity index is 809. The van der Waals surface area contributed by atoms with E-state index in [0.717, 1.165) is 43.4 Å². The number of anilines is 2. The third-order valence-corrected chi connectivity index (χ3v) is 4.48. The van der Waals surface area contributed by atoms with Crippen LogP contribution in [-0.2, 0) is 0 Å². The van der Waals surface area contributed by atoms with Gasteiger partial charge in [0.15, 0.2) is 5.11 Å². The summed E-state index contributed by atoms with van der Waals surface area (Å²) in [4.78, 5) is 14.4. The zero-order valence-corrected chi connectivity index (χ0v) is 15.0. The van der Waals surface area contributed by atoms with Gasteiger partial charge in [-0.3, -0.25) is 10.1 Å². The summed E-state index contributed by atoms with van der Waals surface area (Å²) in [5.41, 5.74) is 1.82. The van der Waals surface area contributed by atoms with E-state index in [2.05, 4.69) is 15.5 Å². The SMILES string of the molecule is O=C(NC(=S)Nc1cccc(Cl)c1N1CCCC1)c1cccc(F)c1. The van der Waals surface area contributed by atoms with Gasteiger partial charge in [0.05, 0.1) is 16.4 Å². The van der Waals surface area contributed by atoms with Gasteiger partial charge in [-0.2, -0.15) is 0 Å². The summed E-state index contributed by atoms with van der Waals surface area (Å²) in [6, 6.07) is 10.9. The van der Waals surface area contributed by atoms with Gasteiger partial charge in [-0.1, -0.05) is 23.7 Å². The third kappa shape index (κ3) is 4.27. The normalized spacial score (nSPS) is 13.6. The number of amides is 1. The molecule has 0 atom stereocenters. The van der Waals surface area contributed by atoms with Crippen molar-refractivity contribution in [2.45, 2.75) is 12.8 Å². The van der Waals surface area contributed by atoms with Crippen LogP contribution in [0.5, 0.6) is 0 Å². The van der Waals surface area contributed by atoms with Crippen molar-refractivity contribution < 1.29 is 9.18 Å². The Labute approximate surface area is 156 Å². The highest BCUT2D eigenvalue weighted by Gasteiger charge is 2.19. The lowest BCUT2D eigenvalue weighted by Crippen LogP contribution is -2.34. The average molecular weight is 378 g/mol. The molecule has 3 rings (SSSR count). The number of benzene rings is 2. The molecule has 0 saturated carbocycles. The molecule has 1 saturated heterocycles. The Morgan fingerprint density at radius 3 is 2.60 bits per heavy atom. The molecule has 0 radical (unpaired) electrons. The standard InChI is InChI=1S/C18H17ClFN3OS/c19-14-7-4-8-15(16(14)23-9-1-2-10-23)21-18(25)22-17(24)12-5-3-6-13(20)11-12/h3-8,11H,1-2,9-10H2,(H2,21,22,24,25). The maximum atomic E-state index is 13.2. The van der Waals surface area contributed by atoms with E-state index in [1.165, 1.54) is 18.2 Å². The van der Waals surface area contributed by atoms with Crippen molar-refractivity contribution in [3.05, 3.63) is 58.9 Å². The maximum absolute atomic E-state index is 13.2. The van der Waals surface area contributed by atoms with Crippen LogP contribution in [0.3, 0.4) is 0 Å². The fourth-order valence-corrected chi connectivity index (χ4v) is 3.33. The highest BCUT2D eigenvalue weighted by atomic mass is 35.5. The van der Waals surface area contributed by atoms with Gasteiger partial charge in [0.25, 0.3) is 5.91 Å². The first-order valence-electron chi connectivity index (χ1n) is 7.96. The molecule has 1 heterocycles. The number of halogens is 2. The van der Waals surface area contributed by atoms with E-state index in [1.807, 2.05) is 18.2 Å². The number of hydrogen-bond acceptors (Lipinski definition) is 3. The van der Waals surface area contributed by atoms with Gasteiger partial charge in [0.1, 0.15) is 5.82 Å². The molecular weight excluding hydrogens is 361 g/mol. The Morgan fingerprint density at radius 1 is 1.16 bits per heavy atom. The van der Waals surface area contributed by atoms with Crippen LogP contribution < -0.4 is 15.5 Å². The van der Waals surface area contributed by atoms with Gasteiger partial charge in [-0.25, -0.2) is 4.39 Å². The first-order valence-corrected chi connectivity index (χ1v) is 8.74. The fraction of sp³-hybridized carbons (Fsp3) is 0.222. The van der Waals surface area contributed by atoms with Crippen LogP contribution in [0.15, 0.2) is 42.5 Å². The molecule has 130 valence electrons. The lowest BCUT2D eigenvalue weighted by molar-refractivity contribution is 0.0977. The van der Waals surface area contributed by atoms with E-state index >= 15 is 0 Å². The molecule has 7 heteroatoms. The van der Waals surface area contributed by atoms with Gasteiger partial charge in [-0.15, -0.1) is 0 Å². The van der Waals surface area contributed by atoms with Gasteiger partial charge < -0.3 is 10.2 Å². The number of thiocarbonyl (C=S) groups is 1.